The lowest BCUT2D eigenvalue weighted by molar-refractivity contribution is -0.181. The third-order valence-electron chi connectivity index (χ3n) is 6.74. The largest absolute Gasteiger partial charge is 0.394 e. The van der Waals surface area contributed by atoms with E-state index >= 15 is 0 Å². The van der Waals surface area contributed by atoms with Gasteiger partial charge in [0.2, 0.25) is 0 Å². The zero-order valence-corrected chi connectivity index (χ0v) is 17.4. The van der Waals surface area contributed by atoms with Gasteiger partial charge in [-0.05, 0) is 78.0 Å². The summed E-state index contributed by atoms with van der Waals surface area (Å²) in [5, 5.41) is 30.0. The van der Waals surface area contributed by atoms with Crippen LogP contribution in [-0.2, 0) is 30.4 Å². The molecule has 2 aromatic rings. The molecule has 0 radical (unpaired) electrons. The maximum Gasteiger partial charge on any atom is 0.110 e. The molecule has 0 aromatic heterocycles. The minimum Gasteiger partial charge on any atom is -0.394 e. The highest BCUT2D eigenvalue weighted by Gasteiger charge is 2.38. The molecule has 2 aromatic carbocycles. The molecule has 1 aliphatic heterocycles. The van der Waals surface area contributed by atoms with Crippen LogP contribution in [0.15, 0.2) is 30.3 Å². The fourth-order valence-corrected chi connectivity index (χ4v) is 4.98. The molecule has 0 spiro atoms. The molecule has 0 saturated carbocycles. The molecule has 4 heteroatoms. The Morgan fingerprint density at radius 3 is 2.41 bits per heavy atom. The number of hydrogen-bond acceptors (Lipinski definition) is 4. The minimum atomic E-state index is -1.04. The molecule has 4 nitrogen and oxygen atoms in total. The van der Waals surface area contributed by atoms with Crippen LogP contribution < -0.4 is 0 Å². The second-order valence-corrected chi connectivity index (χ2v) is 8.55. The van der Waals surface area contributed by atoms with E-state index in [0.717, 1.165) is 31.2 Å². The van der Waals surface area contributed by atoms with Crippen LogP contribution in [-0.4, -0.2) is 40.2 Å². The van der Waals surface area contributed by atoms with Crippen LogP contribution in [0, 0.1) is 6.92 Å². The normalized spacial score (nSPS) is 26.5. The average Bonchev–Trinajstić information content (AvgIpc) is 3.23. The third kappa shape index (κ3) is 3.99. The van der Waals surface area contributed by atoms with Crippen molar-refractivity contribution < 1.29 is 20.1 Å². The number of benzene rings is 2. The van der Waals surface area contributed by atoms with E-state index in [1.807, 2.05) is 0 Å². The summed E-state index contributed by atoms with van der Waals surface area (Å²) < 4.78 is 6.02. The summed E-state index contributed by atoms with van der Waals surface area (Å²) >= 11 is 0. The van der Waals surface area contributed by atoms with E-state index in [0.29, 0.717) is 6.42 Å². The Morgan fingerprint density at radius 1 is 1.03 bits per heavy atom. The van der Waals surface area contributed by atoms with Crippen LogP contribution in [0.5, 0.6) is 0 Å². The van der Waals surface area contributed by atoms with E-state index in [4.69, 9.17) is 4.74 Å². The van der Waals surface area contributed by atoms with Gasteiger partial charge in [-0.1, -0.05) is 37.3 Å². The number of ether oxygens (including phenoxy) is 1. The molecule has 1 unspecified atom stereocenters. The lowest BCUT2D eigenvalue weighted by atomic mass is 9.85. The summed E-state index contributed by atoms with van der Waals surface area (Å²) in [6.45, 7) is 4.02. The van der Waals surface area contributed by atoms with Gasteiger partial charge in [0.05, 0.1) is 18.8 Å². The molecule has 1 aliphatic carbocycles. The summed E-state index contributed by atoms with van der Waals surface area (Å²) in [6, 6.07) is 11.1. The van der Waals surface area contributed by atoms with Gasteiger partial charge in [-0.2, -0.15) is 0 Å². The van der Waals surface area contributed by atoms with Gasteiger partial charge in [-0.25, -0.2) is 0 Å². The molecule has 1 fully saturated rings. The topological polar surface area (TPSA) is 69.9 Å². The second-order valence-electron chi connectivity index (χ2n) is 8.55. The first-order valence-corrected chi connectivity index (χ1v) is 10.9. The van der Waals surface area contributed by atoms with Crippen molar-refractivity contribution >= 4 is 0 Å². The molecule has 29 heavy (non-hydrogen) atoms. The van der Waals surface area contributed by atoms with Crippen molar-refractivity contribution in [1.82, 2.24) is 0 Å². The first-order valence-electron chi connectivity index (χ1n) is 10.9. The highest BCUT2D eigenvalue weighted by molar-refractivity contribution is 5.50. The van der Waals surface area contributed by atoms with Gasteiger partial charge in [0.25, 0.3) is 0 Å². The molecular weight excluding hydrogens is 364 g/mol. The number of hydrogen-bond donors (Lipinski definition) is 3. The van der Waals surface area contributed by atoms with Gasteiger partial charge in [0.15, 0.2) is 0 Å². The number of aliphatic hydroxyl groups excluding tert-OH is 3. The van der Waals surface area contributed by atoms with E-state index in [1.54, 1.807) is 0 Å². The Kier molecular flexibility index (Phi) is 6.07. The Morgan fingerprint density at radius 2 is 1.72 bits per heavy atom. The molecule has 4 atom stereocenters. The standard InChI is InChI=1S/C25H32O4/c1-3-16-7-9-17(10-8-16)11-18-12-21(15(2)19-5-4-6-20(18)19)23-13-22(27)25(28)24(14-26)29-23/h7-10,12,22-28H,3-6,11,13-14H2,1-2H3/t22-,23-,24-,25?/m1/s1. The summed E-state index contributed by atoms with van der Waals surface area (Å²) in [5.74, 6) is 0. The van der Waals surface area contributed by atoms with E-state index in [2.05, 4.69) is 44.2 Å². The molecule has 0 amide bonds. The fourth-order valence-electron chi connectivity index (χ4n) is 4.98. The van der Waals surface area contributed by atoms with Crippen LogP contribution in [0.3, 0.4) is 0 Å². The van der Waals surface area contributed by atoms with Gasteiger partial charge in [0.1, 0.15) is 12.2 Å². The number of aliphatic hydroxyl groups is 3. The molecule has 3 N–H and O–H groups in total. The molecule has 2 aliphatic rings. The van der Waals surface area contributed by atoms with Crippen molar-refractivity contribution in [2.24, 2.45) is 0 Å². The fraction of sp³-hybridized carbons (Fsp3) is 0.520. The smallest absolute Gasteiger partial charge is 0.110 e. The molecule has 156 valence electrons. The van der Waals surface area contributed by atoms with E-state index < -0.39 is 18.3 Å². The van der Waals surface area contributed by atoms with E-state index in [1.165, 1.54) is 39.8 Å². The zero-order chi connectivity index (χ0) is 20.5. The van der Waals surface area contributed by atoms with Crippen molar-refractivity contribution in [3.63, 3.8) is 0 Å². The highest BCUT2D eigenvalue weighted by atomic mass is 16.5. The highest BCUT2D eigenvalue weighted by Crippen LogP contribution is 2.39. The van der Waals surface area contributed by atoms with Crippen LogP contribution in [0.4, 0.5) is 0 Å². The van der Waals surface area contributed by atoms with Gasteiger partial charge in [-0.3, -0.25) is 0 Å². The Balaban J connectivity index is 1.69. The third-order valence-corrected chi connectivity index (χ3v) is 6.74. The monoisotopic (exact) mass is 396 g/mol. The lowest BCUT2D eigenvalue weighted by Gasteiger charge is -2.37. The van der Waals surface area contributed by atoms with E-state index in [-0.39, 0.29) is 12.7 Å². The van der Waals surface area contributed by atoms with Crippen LogP contribution in [0.1, 0.15) is 64.8 Å². The molecule has 0 bridgehead atoms. The maximum absolute atomic E-state index is 10.3. The SMILES string of the molecule is CCc1ccc(Cc2cc([C@H]3C[C@@H](O)C(O)[C@@H](CO)O3)c(C)c3c2CCC3)cc1. The van der Waals surface area contributed by atoms with Gasteiger partial charge < -0.3 is 20.1 Å². The van der Waals surface area contributed by atoms with Crippen molar-refractivity contribution in [3.8, 4) is 0 Å². The van der Waals surface area contributed by atoms with Gasteiger partial charge >= 0.3 is 0 Å². The first kappa shape index (κ1) is 20.5. The molecular formula is C25H32O4. The van der Waals surface area contributed by atoms with Crippen molar-refractivity contribution in [3.05, 3.63) is 69.3 Å². The first-order chi connectivity index (χ1) is 14.0. The summed E-state index contributed by atoms with van der Waals surface area (Å²) in [4.78, 5) is 0. The van der Waals surface area contributed by atoms with E-state index in [9.17, 15) is 15.3 Å². The minimum absolute atomic E-state index is 0.296. The van der Waals surface area contributed by atoms with Crippen molar-refractivity contribution in [2.75, 3.05) is 6.61 Å². The zero-order valence-electron chi connectivity index (χ0n) is 17.4. The number of fused-ring (bicyclic) bond motifs is 1. The predicted octanol–water partition coefficient (Wildman–Crippen LogP) is 3.18. The molecule has 1 saturated heterocycles. The molecule has 1 heterocycles. The second kappa shape index (κ2) is 8.57. The summed E-state index contributed by atoms with van der Waals surface area (Å²) in [5.41, 5.74) is 9.23. The Bertz CT molecular complexity index is 858. The van der Waals surface area contributed by atoms with Crippen molar-refractivity contribution in [2.45, 2.75) is 76.8 Å². The summed E-state index contributed by atoms with van der Waals surface area (Å²) in [7, 11) is 0. The lowest BCUT2D eigenvalue weighted by Crippen LogP contribution is -2.47. The predicted molar refractivity (Wildman–Crippen MR) is 113 cm³/mol. The van der Waals surface area contributed by atoms with Gasteiger partial charge in [0, 0.05) is 6.42 Å². The Hall–Kier alpha value is -1.72. The molecule has 4 rings (SSSR count). The average molecular weight is 397 g/mol. The number of rotatable bonds is 5. The van der Waals surface area contributed by atoms with Crippen LogP contribution in [0.2, 0.25) is 0 Å². The number of aryl methyl sites for hydroxylation is 1. The van der Waals surface area contributed by atoms with Crippen molar-refractivity contribution in [1.29, 1.82) is 0 Å². The van der Waals surface area contributed by atoms with Crippen LogP contribution >= 0.6 is 0 Å². The quantitative estimate of drug-likeness (QED) is 0.726. The maximum atomic E-state index is 10.3. The summed E-state index contributed by atoms with van der Waals surface area (Å²) in [6.07, 6.45) is 2.67. The Labute approximate surface area is 173 Å². The van der Waals surface area contributed by atoms with Gasteiger partial charge in [-0.15, -0.1) is 0 Å². The van der Waals surface area contributed by atoms with Crippen LogP contribution in [0.25, 0.3) is 0 Å².